The lowest BCUT2D eigenvalue weighted by Gasteiger charge is -1.91. The molecule has 1 aromatic heterocycles. The van der Waals surface area contributed by atoms with E-state index in [0.29, 0.717) is 4.88 Å². The number of hydrogen-bond donors (Lipinski definition) is 0. The Morgan fingerprint density at radius 3 is 2.79 bits per heavy atom. The molecule has 6 heteroatoms. The van der Waals surface area contributed by atoms with E-state index in [0.717, 1.165) is 17.6 Å². The monoisotopic (exact) mass is 234 g/mol. The van der Waals surface area contributed by atoms with Gasteiger partial charge in [-0.3, -0.25) is 4.18 Å². The molecule has 0 saturated heterocycles. The Bertz CT molecular complexity index is 464. The molecule has 0 atom stereocenters. The van der Waals surface area contributed by atoms with Crippen molar-refractivity contribution in [1.29, 1.82) is 0 Å². The second kappa shape index (κ2) is 4.55. The Labute approximate surface area is 85.6 Å². The maximum Gasteiger partial charge on any atom is 0.265 e. The van der Waals surface area contributed by atoms with Crippen LogP contribution in [0.25, 0.3) is 0 Å². The van der Waals surface area contributed by atoms with E-state index >= 15 is 0 Å². The standard InChI is InChI=1S/C8H7FO3S2/c1-14(10,11)12-6-2-3-7-4-5-8(9)13-7/h4-5H,6H2,1H3. The fourth-order valence-corrected chi connectivity index (χ4v) is 1.52. The molecule has 0 radical (unpaired) electrons. The van der Waals surface area contributed by atoms with E-state index in [1.807, 2.05) is 0 Å². The fraction of sp³-hybridized carbons (Fsp3) is 0.250. The predicted octanol–water partition coefficient (Wildman–Crippen LogP) is 1.21. The highest BCUT2D eigenvalue weighted by atomic mass is 32.2. The third-order valence-corrected chi connectivity index (χ3v) is 2.47. The largest absolute Gasteiger partial charge is 0.265 e. The smallest absolute Gasteiger partial charge is 0.257 e. The molecule has 0 aliphatic heterocycles. The van der Waals surface area contributed by atoms with Gasteiger partial charge in [-0.1, -0.05) is 23.2 Å². The molecule has 1 heterocycles. The van der Waals surface area contributed by atoms with Gasteiger partial charge in [-0.25, -0.2) is 0 Å². The topological polar surface area (TPSA) is 43.4 Å². The Morgan fingerprint density at radius 2 is 2.29 bits per heavy atom. The number of hydrogen-bond acceptors (Lipinski definition) is 4. The summed E-state index contributed by atoms with van der Waals surface area (Å²) in [6.07, 6.45) is 0.944. The quantitative estimate of drug-likeness (QED) is 0.570. The van der Waals surface area contributed by atoms with Gasteiger partial charge in [0.2, 0.25) is 0 Å². The number of rotatable bonds is 2. The van der Waals surface area contributed by atoms with Crippen molar-refractivity contribution >= 4 is 21.5 Å². The highest BCUT2D eigenvalue weighted by Crippen LogP contribution is 2.12. The molecule has 0 N–H and O–H groups in total. The molecule has 0 aliphatic rings. The second-order valence-corrected chi connectivity index (χ2v) is 5.05. The molecule has 0 fully saturated rings. The first-order valence-corrected chi connectivity index (χ1v) is 6.19. The molecule has 0 saturated carbocycles. The Hall–Kier alpha value is -0.900. The molecule has 3 nitrogen and oxygen atoms in total. The molecule has 0 bridgehead atoms. The fourth-order valence-electron chi connectivity index (χ4n) is 0.641. The predicted molar refractivity (Wildman–Crippen MR) is 52.0 cm³/mol. The maximum absolute atomic E-state index is 12.4. The minimum absolute atomic E-state index is 0.210. The normalized spacial score (nSPS) is 10.7. The van der Waals surface area contributed by atoms with Crippen LogP contribution in [0.2, 0.25) is 0 Å². The molecule has 0 aliphatic carbocycles. The van der Waals surface area contributed by atoms with Gasteiger partial charge in [0.1, 0.15) is 6.61 Å². The van der Waals surface area contributed by atoms with E-state index in [-0.39, 0.29) is 11.7 Å². The van der Waals surface area contributed by atoms with Crippen LogP contribution >= 0.6 is 11.3 Å². The summed E-state index contributed by atoms with van der Waals surface area (Å²) in [5.74, 6) is 5.04. The van der Waals surface area contributed by atoms with Gasteiger partial charge in [0.05, 0.1) is 11.1 Å². The second-order valence-electron chi connectivity index (χ2n) is 2.37. The third-order valence-electron chi connectivity index (χ3n) is 1.13. The lowest BCUT2D eigenvalue weighted by Crippen LogP contribution is -2.02. The van der Waals surface area contributed by atoms with Gasteiger partial charge < -0.3 is 0 Å². The molecule has 0 spiro atoms. The summed E-state index contributed by atoms with van der Waals surface area (Å²) in [4.78, 5) is 0.541. The van der Waals surface area contributed by atoms with Gasteiger partial charge in [-0.05, 0) is 12.1 Å². The average Bonchev–Trinajstić information content (AvgIpc) is 2.44. The third kappa shape index (κ3) is 4.37. The first-order valence-electron chi connectivity index (χ1n) is 3.56. The summed E-state index contributed by atoms with van der Waals surface area (Å²) in [5, 5.41) is -0.321. The Balaban J connectivity index is 2.50. The summed E-state index contributed by atoms with van der Waals surface area (Å²) in [7, 11) is -3.45. The number of halogens is 1. The lowest BCUT2D eigenvalue weighted by atomic mass is 10.4. The minimum Gasteiger partial charge on any atom is -0.257 e. The molecule has 1 aromatic rings. The first-order chi connectivity index (χ1) is 6.47. The summed E-state index contributed by atoms with van der Waals surface area (Å²) in [6.45, 7) is -0.210. The number of thiophene rings is 1. The SMILES string of the molecule is CS(=O)(=O)OCC#Cc1ccc(F)s1. The molecule has 14 heavy (non-hydrogen) atoms. The minimum atomic E-state index is -3.45. The zero-order valence-corrected chi connectivity index (χ0v) is 8.91. The van der Waals surface area contributed by atoms with Crippen molar-refractivity contribution in [2.24, 2.45) is 0 Å². The zero-order valence-electron chi connectivity index (χ0n) is 7.28. The lowest BCUT2D eigenvalue weighted by molar-refractivity contribution is 0.368. The van der Waals surface area contributed by atoms with Crippen LogP contribution < -0.4 is 0 Å². The highest BCUT2D eigenvalue weighted by Gasteiger charge is 1.98. The van der Waals surface area contributed by atoms with Crippen LogP contribution in [0.1, 0.15) is 4.88 Å². The van der Waals surface area contributed by atoms with Crippen LogP contribution in [0.4, 0.5) is 4.39 Å². The summed E-state index contributed by atoms with van der Waals surface area (Å²) in [5.41, 5.74) is 0. The molecule has 76 valence electrons. The summed E-state index contributed by atoms with van der Waals surface area (Å²) >= 11 is 0.900. The van der Waals surface area contributed by atoms with Crippen molar-refractivity contribution in [2.75, 3.05) is 12.9 Å². The van der Waals surface area contributed by atoms with E-state index < -0.39 is 10.1 Å². The van der Waals surface area contributed by atoms with Gasteiger partial charge in [-0.2, -0.15) is 12.8 Å². The maximum atomic E-state index is 12.4. The van der Waals surface area contributed by atoms with Gasteiger partial charge in [0.25, 0.3) is 10.1 Å². The van der Waals surface area contributed by atoms with Crippen molar-refractivity contribution in [3.05, 3.63) is 22.1 Å². The Morgan fingerprint density at radius 1 is 1.57 bits per heavy atom. The molecule has 1 rings (SSSR count). The molecule has 0 amide bonds. The van der Waals surface area contributed by atoms with Crippen LogP contribution in [0.5, 0.6) is 0 Å². The van der Waals surface area contributed by atoms with Crippen molar-refractivity contribution < 1.29 is 17.0 Å². The molecular formula is C8H7FO3S2. The van der Waals surface area contributed by atoms with E-state index in [1.165, 1.54) is 12.1 Å². The van der Waals surface area contributed by atoms with Crippen LogP contribution in [-0.2, 0) is 14.3 Å². The van der Waals surface area contributed by atoms with E-state index in [2.05, 4.69) is 16.0 Å². The van der Waals surface area contributed by atoms with Crippen molar-refractivity contribution in [3.8, 4) is 11.8 Å². The van der Waals surface area contributed by atoms with E-state index in [4.69, 9.17) is 0 Å². The zero-order chi connectivity index (χ0) is 10.6. The van der Waals surface area contributed by atoms with Gasteiger partial charge in [0.15, 0.2) is 5.13 Å². The van der Waals surface area contributed by atoms with E-state index in [9.17, 15) is 12.8 Å². The first kappa shape index (κ1) is 11.2. The van der Waals surface area contributed by atoms with Crippen LogP contribution in [0.3, 0.4) is 0 Å². The van der Waals surface area contributed by atoms with Crippen LogP contribution in [0.15, 0.2) is 12.1 Å². The van der Waals surface area contributed by atoms with Crippen molar-refractivity contribution in [2.45, 2.75) is 0 Å². The van der Waals surface area contributed by atoms with Gasteiger partial charge in [-0.15, -0.1) is 0 Å². The van der Waals surface area contributed by atoms with E-state index in [1.54, 1.807) is 0 Å². The highest BCUT2D eigenvalue weighted by molar-refractivity contribution is 7.86. The summed E-state index contributed by atoms with van der Waals surface area (Å²) < 4.78 is 37.8. The van der Waals surface area contributed by atoms with Gasteiger partial charge >= 0.3 is 0 Å². The molecule has 0 unspecified atom stereocenters. The Kier molecular flexibility index (Phi) is 3.63. The van der Waals surface area contributed by atoms with Crippen molar-refractivity contribution in [3.63, 3.8) is 0 Å². The molecular weight excluding hydrogens is 227 g/mol. The molecule has 0 aromatic carbocycles. The van der Waals surface area contributed by atoms with Crippen LogP contribution in [0, 0.1) is 17.0 Å². The average molecular weight is 234 g/mol. The van der Waals surface area contributed by atoms with Crippen molar-refractivity contribution in [1.82, 2.24) is 0 Å². The van der Waals surface area contributed by atoms with Crippen LogP contribution in [-0.4, -0.2) is 21.3 Å². The van der Waals surface area contributed by atoms with Gasteiger partial charge in [0, 0.05) is 0 Å². The summed E-state index contributed by atoms with van der Waals surface area (Å²) in [6, 6.07) is 2.82.